The van der Waals surface area contributed by atoms with Crippen LogP contribution in [0.5, 0.6) is 0 Å². The van der Waals surface area contributed by atoms with Crippen LogP contribution in [0.1, 0.15) is 71.1 Å². The van der Waals surface area contributed by atoms with Gasteiger partial charge >= 0.3 is 5.97 Å². The number of carbonyl (C=O) groups is 1. The van der Waals surface area contributed by atoms with E-state index in [0.29, 0.717) is 0 Å². The fraction of sp³-hybridized carbons (Fsp3) is 0.929. The third-order valence-corrected chi connectivity index (χ3v) is 3.12. The predicted molar refractivity (Wildman–Crippen MR) is 71.8 cm³/mol. The largest absolute Gasteiger partial charge is 0.468 e. The van der Waals surface area contributed by atoms with Crippen LogP contribution in [0.2, 0.25) is 0 Å². The first kappa shape index (κ1) is 16.4. The van der Waals surface area contributed by atoms with Crippen LogP contribution in [-0.2, 0) is 9.53 Å². The minimum atomic E-state index is -0.426. The smallest absolute Gasteiger partial charge is 0.322 e. The maximum absolute atomic E-state index is 11.0. The van der Waals surface area contributed by atoms with E-state index in [9.17, 15) is 4.79 Å². The number of carbonyl (C=O) groups excluding carboxylic acids is 1. The van der Waals surface area contributed by atoms with E-state index in [4.69, 9.17) is 5.73 Å². The monoisotopic (exact) mass is 243 g/mol. The fourth-order valence-electron chi connectivity index (χ4n) is 1.94. The molecule has 0 unspecified atom stereocenters. The zero-order valence-corrected chi connectivity index (χ0v) is 11.5. The second kappa shape index (κ2) is 11.9. The minimum absolute atomic E-state index is 0.287. The minimum Gasteiger partial charge on any atom is -0.468 e. The fourth-order valence-corrected chi connectivity index (χ4v) is 1.94. The summed E-state index contributed by atoms with van der Waals surface area (Å²) in [7, 11) is 1.39. The van der Waals surface area contributed by atoms with Crippen molar-refractivity contribution in [3.63, 3.8) is 0 Å². The number of nitrogens with two attached hydrogens (primary N) is 1. The lowest BCUT2D eigenvalue weighted by Crippen LogP contribution is -2.31. The number of rotatable bonds is 11. The van der Waals surface area contributed by atoms with Crippen LogP contribution in [0.25, 0.3) is 0 Å². The number of hydrogen-bond acceptors (Lipinski definition) is 3. The van der Waals surface area contributed by atoms with E-state index in [-0.39, 0.29) is 5.97 Å². The average Bonchev–Trinajstić information content (AvgIpc) is 2.35. The molecule has 0 saturated carbocycles. The van der Waals surface area contributed by atoms with Crippen LogP contribution >= 0.6 is 0 Å². The zero-order valence-electron chi connectivity index (χ0n) is 11.5. The van der Waals surface area contributed by atoms with Crippen LogP contribution in [0, 0.1) is 0 Å². The maximum atomic E-state index is 11.0. The molecule has 3 nitrogen and oxygen atoms in total. The molecule has 0 aliphatic heterocycles. The van der Waals surface area contributed by atoms with Crippen molar-refractivity contribution < 1.29 is 9.53 Å². The first-order valence-corrected chi connectivity index (χ1v) is 7.05. The SMILES string of the molecule is CCCCCCCCCCC[C@H](N)C(=O)OC. The van der Waals surface area contributed by atoms with Crippen LogP contribution in [0.3, 0.4) is 0 Å². The van der Waals surface area contributed by atoms with Gasteiger partial charge in [0.15, 0.2) is 0 Å². The van der Waals surface area contributed by atoms with Crippen LogP contribution in [0.4, 0.5) is 0 Å². The molecule has 1 atom stereocenters. The van der Waals surface area contributed by atoms with Gasteiger partial charge in [-0.2, -0.15) is 0 Å². The van der Waals surface area contributed by atoms with E-state index in [2.05, 4.69) is 11.7 Å². The summed E-state index contributed by atoms with van der Waals surface area (Å²) in [5.74, 6) is -0.287. The van der Waals surface area contributed by atoms with Crippen molar-refractivity contribution in [3.05, 3.63) is 0 Å². The topological polar surface area (TPSA) is 52.3 Å². The number of unbranched alkanes of at least 4 members (excludes halogenated alkanes) is 8. The van der Waals surface area contributed by atoms with Gasteiger partial charge < -0.3 is 10.5 Å². The van der Waals surface area contributed by atoms with Gasteiger partial charge in [-0.05, 0) is 6.42 Å². The van der Waals surface area contributed by atoms with Gasteiger partial charge in [0, 0.05) is 0 Å². The summed E-state index contributed by atoms with van der Waals surface area (Å²) in [6, 6.07) is -0.426. The van der Waals surface area contributed by atoms with Gasteiger partial charge in [0.25, 0.3) is 0 Å². The normalized spacial score (nSPS) is 12.4. The second-order valence-electron chi connectivity index (χ2n) is 4.75. The molecule has 0 aromatic heterocycles. The lowest BCUT2D eigenvalue weighted by atomic mass is 10.0. The Morgan fingerprint density at radius 1 is 1.00 bits per heavy atom. The number of hydrogen-bond donors (Lipinski definition) is 1. The van der Waals surface area contributed by atoms with E-state index < -0.39 is 6.04 Å². The van der Waals surface area contributed by atoms with Gasteiger partial charge in [0.05, 0.1) is 7.11 Å². The molecule has 0 aliphatic rings. The Morgan fingerprint density at radius 2 is 1.47 bits per heavy atom. The average molecular weight is 243 g/mol. The van der Waals surface area contributed by atoms with Gasteiger partial charge in [-0.3, -0.25) is 4.79 Å². The van der Waals surface area contributed by atoms with Crippen molar-refractivity contribution in [2.45, 2.75) is 77.2 Å². The van der Waals surface area contributed by atoms with Crippen molar-refractivity contribution in [2.24, 2.45) is 5.73 Å². The highest BCUT2D eigenvalue weighted by Crippen LogP contribution is 2.11. The molecule has 3 heteroatoms. The molecule has 0 saturated heterocycles. The summed E-state index contributed by atoms with van der Waals surface area (Å²) >= 11 is 0. The van der Waals surface area contributed by atoms with Crippen LogP contribution in [-0.4, -0.2) is 19.1 Å². The Labute approximate surface area is 106 Å². The van der Waals surface area contributed by atoms with E-state index in [1.807, 2.05) is 0 Å². The summed E-state index contributed by atoms with van der Waals surface area (Å²) in [6.45, 7) is 2.24. The molecular formula is C14H29NO2. The highest BCUT2D eigenvalue weighted by molar-refractivity contribution is 5.75. The van der Waals surface area contributed by atoms with Crippen molar-refractivity contribution in [3.8, 4) is 0 Å². The van der Waals surface area contributed by atoms with Crippen LogP contribution < -0.4 is 5.73 Å². The van der Waals surface area contributed by atoms with Gasteiger partial charge in [0.1, 0.15) is 6.04 Å². The Balaban J connectivity index is 3.15. The summed E-state index contributed by atoms with van der Waals surface area (Å²) in [5, 5.41) is 0. The molecule has 0 aliphatic carbocycles. The van der Waals surface area contributed by atoms with E-state index >= 15 is 0 Å². The molecule has 0 aromatic rings. The maximum Gasteiger partial charge on any atom is 0.322 e. The van der Waals surface area contributed by atoms with Gasteiger partial charge in [-0.25, -0.2) is 0 Å². The van der Waals surface area contributed by atoms with Gasteiger partial charge in [-0.15, -0.1) is 0 Å². The lowest BCUT2D eigenvalue weighted by molar-refractivity contribution is -0.142. The Hall–Kier alpha value is -0.570. The van der Waals surface area contributed by atoms with E-state index in [0.717, 1.165) is 12.8 Å². The molecule has 0 heterocycles. The van der Waals surface area contributed by atoms with Gasteiger partial charge in [-0.1, -0.05) is 64.7 Å². The molecule has 0 fully saturated rings. The summed E-state index contributed by atoms with van der Waals surface area (Å²) < 4.78 is 4.58. The highest BCUT2D eigenvalue weighted by Gasteiger charge is 2.12. The van der Waals surface area contributed by atoms with Crippen molar-refractivity contribution in [2.75, 3.05) is 7.11 Å². The highest BCUT2D eigenvalue weighted by atomic mass is 16.5. The molecule has 0 rings (SSSR count). The summed E-state index contributed by atoms with van der Waals surface area (Å²) in [5.41, 5.74) is 5.65. The van der Waals surface area contributed by atoms with Crippen molar-refractivity contribution in [1.29, 1.82) is 0 Å². The predicted octanol–water partition coefficient (Wildman–Crippen LogP) is 3.41. The molecule has 17 heavy (non-hydrogen) atoms. The zero-order chi connectivity index (χ0) is 12.9. The standard InChI is InChI=1S/C14H29NO2/c1-3-4-5-6-7-8-9-10-11-12-13(15)14(16)17-2/h13H,3-12,15H2,1-2H3/t13-/m0/s1. The Morgan fingerprint density at radius 3 is 1.94 bits per heavy atom. The third-order valence-electron chi connectivity index (χ3n) is 3.12. The molecule has 0 aromatic carbocycles. The first-order chi connectivity index (χ1) is 8.22. The number of ether oxygens (including phenoxy) is 1. The van der Waals surface area contributed by atoms with E-state index in [1.165, 1.54) is 58.5 Å². The molecule has 2 N–H and O–H groups in total. The van der Waals surface area contributed by atoms with Gasteiger partial charge in [0.2, 0.25) is 0 Å². The molecule has 102 valence electrons. The third kappa shape index (κ3) is 10.3. The van der Waals surface area contributed by atoms with Crippen molar-refractivity contribution >= 4 is 5.97 Å². The summed E-state index contributed by atoms with van der Waals surface area (Å²) in [4.78, 5) is 11.0. The molecule has 0 bridgehead atoms. The number of esters is 1. The van der Waals surface area contributed by atoms with E-state index in [1.54, 1.807) is 0 Å². The molecule has 0 spiro atoms. The van der Waals surface area contributed by atoms with Crippen LogP contribution in [0.15, 0.2) is 0 Å². The quantitative estimate of drug-likeness (QED) is 0.447. The first-order valence-electron chi connectivity index (χ1n) is 7.05. The summed E-state index contributed by atoms with van der Waals surface area (Å²) in [6.07, 6.45) is 12.3. The number of methoxy groups -OCH3 is 1. The lowest BCUT2D eigenvalue weighted by Gasteiger charge is -2.08. The molecule has 0 radical (unpaired) electrons. The molecule has 0 amide bonds. The Bertz CT molecular complexity index is 183. The second-order valence-corrected chi connectivity index (χ2v) is 4.75. The Kier molecular flexibility index (Phi) is 11.5. The molecular weight excluding hydrogens is 214 g/mol. The van der Waals surface area contributed by atoms with Crippen molar-refractivity contribution in [1.82, 2.24) is 0 Å².